The quantitative estimate of drug-likeness (QED) is 0.231. The highest BCUT2D eigenvalue weighted by molar-refractivity contribution is 5.66. The second-order valence-corrected chi connectivity index (χ2v) is 9.00. The number of halogens is 4. The predicted octanol–water partition coefficient (Wildman–Crippen LogP) is 8.14. The molecular weight excluding hydrogens is 468 g/mol. The minimum atomic E-state index is -1.27. The molecule has 0 radical (unpaired) electrons. The van der Waals surface area contributed by atoms with Gasteiger partial charge in [-0.05, 0) is 68.4 Å². The van der Waals surface area contributed by atoms with Crippen molar-refractivity contribution in [3.63, 3.8) is 0 Å². The number of aryl methyl sites for hydroxylation is 2. The second kappa shape index (κ2) is 11.7. The van der Waals surface area contributed by atoms with E-state index in [0.717, 1.165) is 24.0 Å². The lowest BCUT2D eigenvalue weighted by atomic mass is 9.93. The first-order valence-corrected chi connectivity index (χ1v) is 12.3. The maximum absolute atomic E-state index is 14.9. The molecule has 0 aromatic heterocycles. The Morgan fingerprint density at radius 2 is 1.53 bits per heavy atom. The summed E-state index contributed by atoms with van der Waals surface area (Å²) in [6.07, 6.45) is 7.15. The van der Waals surface area contributed by atoms with E-state index in [1.807, 2.05) is 31.2 Å². The van der Waals surface area contributed by atoms with Crippen LogP contribution in [-0.4, -0.2) is 13.2 Å². The van der Waals surface area contributed by atoms with E-state index in [0.29, 0.717) is 18.9 Å². The summed E-state index contributed by atoms with van der Waals surface area (Å²) in [6.45, 7) is 4.52. The van der Waals surface area contributed by atoms with Crippen LogP contribution in [0.2, 0.25) is 0 Å². The fourth-order valence-electron chi connectivity index (χ4n) is 4.63. The Balaban J connectivity index is 1.42. The van der Waals surface area contributed by atoms with Crippen molar-refractivity contribution in [2.75, 3.05) is 13.2 Å². The minimum absolute atomic E-state index is 0.0764. The van der Waals surface area contributed by atoms with Gasteiger partial charge in [-0.2, -0.15) is 4.39 Å². The third-order valence-corrected chi connectivity index (χ3v) is 6.61. The van der Waals surface area contributed by atoms with Crippen LogP contribution in [0, 0.1) is 29.2 Å². The standard InChI is InChI=1S/C30H30F4O2/c1-3-5-20-9-16-25(36-18-20)21-10-6-19(7-11-21)8-12-22-13-14-23(28(32)27(22)31)24-15-17-26(35-4-2)30(34)29(24)33/h3,5-7,10-11,13-15,17,20,25H,4,8-9,12,16,18H2,1-2H3/b5-3+. The van der Waals surface area contributed by atoms with Gasteiger partial charge in [0, 0.05) is 17.0 Å². The van der Waals surface area contributed by atoms with E-state index in [1.165, 1.54) is 24.3 Å². The molecule has 1 saturated heterocycles. The Hall–Kier alpha value is -3.12. The summed E-state index contributed by atoms with van der Waals surface area (Å²) in [4.78, 5) is 0. The smallest absolute Gasteiger partial charge is 0.201 e. The third kappa shape index (κ3) is 5.65. The number of hydrogen-bond acceptors (Lipinski definition) is 2. The van der Waals surface area contributed by atoms with Gasteiger partial charge in [0.05, 0.1) is 19.3 Å². The van der Waals surface area contributed by atoms with E-state index < -0.39 is 23.3 Å². The van der Waals surface area contributed by atoms with Crippen LogP contribution in [0.15, 0.2) is 60.7 Å². The fourth-order valence-corrected chi connectivity index (χ4v) is 4.63. The van der Waals surface area contributed by atoms with Crippen molar-refractivity contribution in [2.24, 2.45) is 5.92 Å². The first-order valence-electron chi connectivity index (χ1n) is 12.3. The van der Waals surface area contributed by atoms with Gasteiger partial charge in [0.15, 0.2) is 23.2 Å². The number of rotatable bonds is 8. The van der Waals surface area contributed by atoms with Gasteiger partial charge in [-0.25, -0.2) is 13.2 Å². The SMILES string of the molecule is C/C=C/C1CCC(c2ccc(CCc3ccc(-c4ccc(OCC)c(F)c4F)c(F)c3F)cc2)OC1. The minimum Gasteiger partial charge on any atom is -0.491 e. The van der Waals surface area contributed by atoms with Crippen LogP contribution in [-0.2, 0) is 17.6 Å². The van der Waals surface area contributed by atoms with E-state index in [2.05, 4.69) is 12.2 Å². The number of ether oxygens (including phenoxy) is 2. The summed E-state index contributed by atoms with van der Waals surface area (Å²) in [6, 6.07) is 13.1. The second-order valence-electron chi connectivity index (χ2n) is 9.00. The normalized spacial score (nSPS) is 18.1. The molecule has 2 nitrogen and oxygen atoms in total. The Morgan fingerprint density at radius 3 is 2.17 bits per heavy atom. The first-order chi connectivity index (χ1) is 17.4. The van der Waals surface area contributed by atoms with E-state index in [1.54, 1.807) is 6.92 Å². The third-order valence-electron chi connectivity index (χ3n) is 6.61. The summed E-state index contributed by atoms with van der Waals surface area (Å²) >= 11 is 0. The van der Waals surface area contributed by atoms with Crippen molar-refractivity contribution in [3.05, 3.63) is 101 Å². The highest BCUT2D eigenvalue weighted by Crippen LogP contribution is 2.34. The average molecular weight is 499 g/mol. The lowest BCUT2D eigenvalue weighted by Gasteiger charge is -2.27. The van der Waals surface area contributed by atoms with Crippen LogP contribution in [0.1, 0.15) is 49.5 Å². The molecule has 3 aromatic carbocycles. The molecule has 0 amide bonds. The Morgan fingerprint density at radius 1 is 0.833 bits per heavy atom. The summed E-state index contributed by atoms with van der Waals surface area (Å²) in [5.41, 5.74) is 1.60. The van der Waals surface area contributed by atoms with E-state index in [4.69, 9.17) is 9.47 Å². The van der Waals surface area contributed by atoms with Crippen molar-refractivity contribution >= 4 is 0 Å². The summed E-state index contributed by atoms with van der Waals surface area (Å²) in [5.74, 6) is -4.54. The summed E-state index contributed by atoms with van der Waals surface area (Å²) in [5, 5.41) is 0. The molecule has 3 aromatic rings. The van der Waals surface area contributed by atoms with Gasteiger partial charge in [0.2, 0.25) is 5.82 Å². The number of allylic oxidation sites excluding steroid dienone is 1. The van der Waals surface area contributed by atoms with Gasteiger partial charge in [0.1, 0.15) is 0 Å². The highest BCUT2D eigenvalue weighted by Gasteiger charge is 2.22. The molecule has 0 saturated carbocycles. The molecule has 190 valence electrons. The molecule has 2 atom stereocenters. The molecule has 6 heteroatoms. The lowest BCUT2D eigenvalue weighted by Crippen LogP contribution is -2.19. The predicted molar refractivity (Wildman–Crippen MR) is 133 cm³/mol. The molecular formula is C30H30F4O2. The lowest BCUT2D eigenvalue weighted by molar-refractivity contribution is -0.00525. The molecule has 1 heterocycles. The van der Waals surface area contributed by atoms with Gasteiger partial charge in [-0.15, -0.1) is 0 Å². The fraction of sp³-hybridized carbons (Fsp3) is 0.333. The van der Waals surface area contributed by atoms with Crippen molar-refractivity contribution in [3.8, 4) is 16.9 Å². The zero-order valence-corrected chi connectivity index (χ0v) is 20.5. The van der Waals surface area contributed by atoms with E-state index >= 15 is 0 Å². The van der Waals surface area contributed by atoms with E-state index in [-0.39, 0.29) is 41.6 Å². The monoisotopic (exact) mass is 498 g/mol. The first kappa shape index (κ1) is 26.0. The van der Waals surface area contributed by atoms with Crippen molar-refractivity contribution < 1.29 is 27.0 Å². The van der Waals surface area contributed by atoms with Crippen molar-refractivity contribution in [1.82, 2.24) is 0 Å². The summed E-state index contributed by atoms with van der Waals surface area (Å²) < 4.78 is 69.5. The van der Waals surface area contributed by atoms with Gasteiger partial charge in [-0.1, -0.05) is 48.6 Å². The Bertz CT molecular complexity index is 1210. The topological polar surface area (TPSA) is 18.5 Å². The molecule has 36 heavy (non-hydrogen) atoms. The number of benzene rings is 3. The number of hydrogen-bond donors (Lipinski definition) is 0. The Kier molecular flexibility index (Phi) is 8.47. The maximum Gasteiger partial charge on any atom is 0.201 e. The maximum atomic E-state index is 14.9. The average Bonchev–Trinajstić information content (AvgIpc) is 2.89. The van der Waals surface area contributed by atoms with Gasteiger partial charge in [-0.3, -0.25) is 0 Å². The van der Waals surface area contributed by atoms with Crippen LogP contribution >= 0.6 is 0 Å². The largest absolute Gasteiger partial charge is 0.491 e. The van der Waals surface area contributed by atoms with Crippen LogP contribution in [0.25, 0.3) is 11.1 Å². The molecule has 1 aliphatic heterocycles. The molecule has 1 fully saturated rings. The van der Waals surface area contributed by atoms with Gasteiger partial charge in [0.25, 0.3) is 0 Å². The molecule has 0 bridgehead atoms. The van der Waals surface area contributed by atoms with Crippen LogP contribution < -0.4 is 4.74 Å². The van der Waals surface area contributed by atoms with E-state index in [9.17, 15) is 17.6 Å². The molecule has 1 aliphatic rings. The highest BCUT2D eigenvalue weighted by atomic mass is 19.2. The van der Waals surface area contributed by atoms with Gasteiger partial charge < -0.3 is 9.47 Å². The Labute approximate surface area is 209 Å². The zero-order chi connectivity index (χ0) is 25.7. The molecule has 0 N–H and O–H groups in total. The van der Waals surface area contributed by atoms with Crippen LogP contribution in [0.4, 0.5) is 17.6 Å². The van der Waals surface area contributed by atoms with Crippen molar-refractivity contribution in [2.45, 2.75) is 45.6 Å². The van der Waals surface area contributed by atoms with Crippen LogP contribution in [0.5, 0.6) is 5.75 Å². The van der Waals surface area contributed by atoms with Crippen molar-refractivity contribution in [1.29, 1.82) is 0 Å². The summed E-state index contributed by atoms with van der Waals surface area (Å²) in [7, 11) is 0. The molecule has 0 aliphatic carbocycles. The molecule has 2 unspecified atom stereocenters. The van der Waals surface area contributed by atoms with Gasteiger partial charge >= 0.3 is 0 Å². The zero-order valence-electron chi connectivity index (χ0n) is 20.5. The molecule has 0 spiro atoms. The van der Waals surface area contributed by atoms with Crippen LogP contribution in [0.3, 0.4) is 0 Å². The molecule has 4 rings (SSSR count).